The monoisotopic (exact) mass is 269 g/mol. The average molecular weight is 269 g/mol. The summed E-state index contributed by atoms with van der Waals surface area (Å²) in [5.41, 5.74) is 0.574. The van der Waals surface area contributed by atoms with Gasteiger partial charge in [0.1, 0.15) is 0 Å². The van der Waals surface area contributed by atoms with Crippen LogP contribution in [0.4, 0.5) is 0 Å². The predicted molar refractivity (Wildman–Crippen MR) is 81.5 cm³/mol. The second-order valence-corrected chi connectivity index (χ2v) is 7.24. The van der Waals surface area contributed by atoms with Crippen LogP contribution < -0.4 is 5.32 Å². The van der Waals surface area contributed by atoms with E-state index >= 15 is 0 Å². The van der Waals surface area contributed by atoms with E-state index in [9.17, 15) is 0 Å². The first-order valence-electron chi connectivity index (χ1n) is 7.13. The Morgan fingerprint density at radius 1 is 1.33 bits per heavy atom. The van der Waals surface area contributed by atoms with Crippen LogP contribution in [0, 0.1) is 0 Å². The lowest BCUT2D eigenvalue weighted by atomic mass is 9.96. The summed E-state index contributed by atoms with van der Waals surface area (Å²) < 4.78 is 0. The molecule has 0 amide bonds. The summed E-state index contributed by atoms with van der Waals surface area (Å²) in [7, 11) is 4.41. The van der Waals surface area contributed by atoms with Crippen molar-refractivity contribution in [2.45, 2.75) is 57.0 Å². The minimum absolute atomic E-state index is 0.254. The molecule has 2 aliphatic rings. The van der Waals surface area contributed by atoms with Crippen molar-refractivity contribution in [3.8, 4) is 0 Å². The number of nitrogens with zero attached hydrogens (tertiary/aromatic N) is 2. The van der Waals surface area contributed by atoms with Crippen LogP contribution in [-0.2, 0) is 0 Å². The summed E-state index contributed by atoms with van der Waals surface area (Å²) in [4.78, 5) is 7.26. The van der Waals surface area contributed by atoms with Crippen molar-refractivity contribution in [1.82, 2.24) is 10.2 Å². The van der Waals surface area contributed by atoms with Crippen LogP contribution in [0.3, 0.4) is 0 Å². The molecule has 1 atom stereocenters. The Balaban J connectivity index is 1.98. The Hall–Kier alpha value is -0.220. The number of hydrogen-bond acceptors (Lipinski definition) is 3. The number of amidine groups is 1. The van der Waals surface area contributed by atoms with Gasteiger partial charge in [-0.05, 0) is 40.3 Å². The molecular weight excluding hydrogens is 242 g/mol. The van der Waals surface area contributed by atoms with Gasteiger partial charge in [0.05, 0.1) is 6.54 Å². The SMILES string of the molecule is CCC1(C)CSC(=NCC2(N(C)C)CCCC2)N1. The topological polar surface area (TPSA) is 27.6 Å². The first-order chi connectivity index (χ1) is 8.50. The molecule has 1 saturated carbocycles. The number of likely N-dealkylation sites (N-methyl/N-ethyl adjacent to an activating group) is 1. The summed E-state index contributed by atoms with van der Waals surface area (Å²) in [6, 6.07) is 0. The fourth-order valence-electron chi connectivity index (χ4n) is 2.83. The van der Waals surface area contributed by atoms with E-state index < -0.39 is 0 Å². The summed E-state index contributed by atoms with van der Waals surface area (Å²) in [5, 5.41) is 4.75. The number of nitrogens with one attached hydrogen (secondary N) is 1. The highest BCUT2D eigenvalue weighted by Crippen LogP contribution is 2.34. The van der Waals surface area contributed by atoms with Crippen LogP contribution in [0.15, 0.2) is 4.99 Å². The molecule has 2 rings (SSSR count). The zero-order chi connectivity index (χ0) is 13.2. The van der Waals surface area contributed by atoms with E-state index in [-0.39, 0.29) is 5.54 Å². The lowest BCUT2D eigenvalue weighted by Crippen LogP contribution is -2.45. The average Bonchev–Trinajstić information content (AvgIpc) is 2.95. The molecule has 0 radical (unpaired) electrons. The molecule has 1 unspecified atom stereocenters. The molecule has 0 aromatic carbocycles. The molecule has 4 heteroatoms. The normalized spacial score (nSPS) is 33.3. The number of rotatable bonds is 4. The van der Waals surface area contributed by atoms with Crippen molar-refractivity contribution >= 4 is 16.9 Å². The largest absolute Gasteiger partial charge is 0.359 e. The van der Waals surface area contributed by atoms with Gasteiger partial charge in [-0.15, -0.1) is 0 Å². The van der Waals surface area contributed by atoms with Crippen LogP contribution >= 0.6 is 11.8 Å². The molecular formula is C14H27N3S. The van der Waals surface area contributed by atoms with Crippen LogP contribution in [0.1, 0.15) is 46.0 Å². The Bertz CT molecular complexity index is 321. The summed E-state index contributed by atoms with van der Waals surface area (Å²) in [6.07, 6.45) is 6.48. The van der Waals surface area contributed by atoms with Crippen LogP contribution in [0.5, 0.6) is 0 Å². The van der Waals surface area contributed by atoms with Crippen LogP contribution in [-0.4, -0.2) is 47.5 Å². The first-order valence-corrected chi connectivity index (χ1v) is 8.11. The molecule has 104 valence electrons. The highest BCUT2D eigenvalue weighted by Gasteiger charge is 2.37. The third kappa shape index (κ3) is 2.85. The number of aliphatic imine (C=N–C) groups is 1. The molecule has 0 bridgehead atoms. The van der Waals surface area contributed by atoms with Gasteiger partial charge in [0, 0.05) is 16.8 Å². The number of hydrogen-bond donors (Lipinski definition) is 1. The molecule has 0 spiro atoms. The summed E-state index contributed by atoms with van der Waals surface area (Å²) in [6.45, 7) is 5.49. The molecule has 18 heavy (non-hydrogen) atoms. The molecule has 2 fully saturated rings. The standard InChI is InChI=1S/C14H27N3S/c1-5-13(2)11-18-12(16-13)15-10-14(17(3)4)8-6-7-9-14/h5-11H2,1-4H3,(H,15,16). The predicted octanol–water partition coefficient (Wildman–Crippen LogP) is 2.72. The van der Waals surface area contributed by atoms with Crippen LogP contribution in [0.2, 0.25) is 0 Å². The second kappa shape index (κ2) is 5.41. The molecule has 1 N–H and O–H groups in total. The molecule has 1 aliphatic carbocycles. The van der Waals surface area contributed by atoms with E-state index in [4.69, 9.17) is 4.99 Å². The maximum absolute atomic E-state index is 4.87. The zero-order valence-electron chi connectivity index (χ0n) is 12.3. The van der Waals surface area contributed by atoms with E-state index in [1.54, 1.807) is 0 Å². The van der Waals surface area contributed by atoms with E-state index in [1.165, 1.54) is 25.7 Å². The quantitative estimate of drug-likeness (QED) is 0.850. The van der Waals surface area contributed by atoms with E-state index in [1.807, 2.05) is 11.8 Å². The van der Waals surface area contributed by atoms with Crippen LogP contribution in [0.25, 0.3) is 0 Å². The van der Waals surface area contributed by atoms with Crippen molar-refractivity contribution in [3.05, 3.63) is 0 Å². The maximum Gasteiger partial charge on any atom is 0.157 e. The lowest BCUT2D eigenvalue weighted by molar-refractivity contribution is 0.167. The van der Waals surface area contributed by atoms with Crippen molar-refractivity contribution < 1.29 is 0 Å². The third-order valence-electron chi connectivity index (χ3n) is 4.72. The van der Waals surface area contributed by atoms with Gasteiger partial charge in [0.15, 0.2) is 5.17 Å². The number of thioether (sulfide) groups is 1. The fourth-order valence-corrected chi connectivity index (χ4v) is 4.04. The van der Waals surface area contributed by atoms with E-state index in [2.05, 4.69) is 38.2 Å². The molecule has 1 aliphatic heterocycles. The summed E-state index contributed by atoms with van der Waals surface area (Å²) >= 11 is 1.89. The van der Waals surface area contributed by atoms with Crippen molar-refractivity contribution in [1.29, 1.82) is 0 Å². The summed E-state index contributed by atoms with van der Waals surface area (Å²) in [5.74, 6) is 1.15. The second-order valence-electron chi connectivity index (χ2n) is 6.28. The Morgan fingerprint density at radius 2 is 2.00 bits per heavy atom. The van der Waals surface area contributed by atoms with Crippen molar-refractivity contribution in [2.24, 2.45) is 4.99 Å². The smallest absolute Gasteiger partial charge is 0.157 e. The maximum atomic E-state index is 4.87. The van der Waals surface area contributed by atoms with Crippen molar-refractivity contribution in [3.63, 3.8) is 0 Å². The van der Waals surface area contributed by atoms with Gasteiger partial charge in [0.2, 0.25) is 0 Å². The third-order valence-corrected chi connectivity index (χ3v) is 6.00. The van der Waals surface area contributed by atoms with Gasteiger partial charge in [-0.2, -0.15) is 0 Å². The molecule has 1 saturated heterocycles. The van der Waals surface area contributed by atoms with E-state index in [0.29, 0.717) is 5.54 Å². The highest BCUT2D eigenvalue weighted by atomic mass is 32.2. The van der Waals surface area contributed by atoms with Crippen molar-refractivity contribution in [2.75, 3.05) is 26.4 Å². The van der Waals surface area contributed by atoms with Gasteiger partial charge >= 0.3 is 0 Å². The zero-order valence-corrected chi connectivity index (χ0v) is 13.1. The van der Waals surface area contributed by atoms with Gasteiger partial charge in [-0.3, -0.25) is 4.99 Å². The Labute approximate surface area is 116 Å². The molecule has 0 aromatic rings. The van der Waals surface area contributed by atoms with Gasteiger partial charge in [0.25, 0.3) is 0 Å². The van der Waals surface area contributed by atoms with Gasteiger partial charge < -0.3 is 10.2 Å². The van der Waals surface area contributed by atoms with E-state index in [0.717, 1.165) is 23.9 Å². The molecule has 0 aromatic heterocycles. The molecule has 3 nitrogen and oxygen atoms in total. The minimum Gasteiger partial charge on any atom is -0.359 e. The first kappa shape index (κ1) is 14.2. The van der Waals surface area contributed by atoms with Gasteiger partial charge in [-0.25, -0.2) is 0 Å². The Morgan fingerprint density at radius 3 is 2.50 bits per heavy atom. The fraction of sp³-hybridized carbons (Fsp3) is 0.929. The Kier molecular flexibility index (Phi) is 4.27. The highest BCUT2D eigenvalue weighted by molar-refractivity contribution is 8.14. The van der Waals surface area contributed by atoms with Gasteiger partial charge in [-0.1, -0.05) is 31.5 Å². The minimum atomic E-state index is 0.254. The lowest BCUT2D eigenvalue weighted by Gasteiger charge is -2.35. The molecule has 1 heterocycles.